The number of benzene rings is 1. The van der Waals surface area contributed by atoms with Gasteiger partial charge in [-0.15, -0.1) is 17.8 Å². The molecule has 1 heterocycles. The van der Waals surface area contributed by atoms with Gasteiger partial charge in [-0.05, 0) is 11.4 Å². The Morgan fingerprint density at radius 1 is 1.13 bits per heavy atom. The molecular formula is C13H10OS. The normalized spacial score (nSPS) is 14.1. The van der Waals surface area contributed by atoms with Crippen LogP contribution in [0.15, 0.2) is 47.8 Å². The summed E-state index contributed by atoms with van der Waals surface area (Å²) in [6, 6.07) is 13.0. The fourth-order valence-electron chi connectivity index (χ4n) is 1.46. The van der Waals surface area contributed by atoms with Gasteiger partial charge in [0.15, 0.2) is 5.60 Å². The van der Waals surface area contributed by atoms with Gasteiger partial charge in [0.1, 0.15) is 0 Å². The van der Waals surface area contributed by atoms with Crippen molar-refractivity contribution in [3.8, 4) is 12.3 Å². The largest absolute Gasteiger partial charge is 0.369 e. The first-order valence-corrected chi connectivity index (χ1v) is 5.45. The maximum Gasteiger partial charge on any atom is 0.185 e. The predicted molar refractivity (Wildman–Crippen MR) is 62.6 cm³/mol. The van der Waals surface area contributed by atoms with Crippen molar-refractivity contribution in [3.63, 3.8) is 0 Å². The molecule has 0 fully saturated rings. The highest BCUT2D eigenvalue weighted by molar-refractivity contribution is 7.10. The standard InChI is InChI=1S/C13H10OS/c1-2-13(14,12-9-6-10-15-12)11-7-4-3-5-8-11/h1,3-10,14H. The Balaban J connectivity index is 2.53. The van der Waals surface area contributed by atoms with Crippen LogP contribution in [-0.4, -0.2) is 5.11 Å². The van der Waals surface area contributed by atoms with E-state index in [1.165, 1.54) is 11.3 Å². The molecule has 1 nitrogen and oxygen atoms in total. The quantitative estimate of drug-likeness (QED) is 0.762. The van der Waals surface area contributed by atoms with Crippen molar-refractivity contribution in [1.82, 2.24) is 0 Å². The van der Waals surface area contributed by atoms with E-state index in [2.05, 4.69) is 5.92 Å². The highest BCUT2D eigenvalue weighted by atomic mass is 32.1. The van der Waals surface area contributed by atoms with E-state index in [0.29, 0.717) is 0 Å². The van der Waals surface area contributed by atoms with E-state index in [9.17, 15) is 5.11 Å². The van der Waals surface area contributed by atoms with Gasteiger partial charge in [0, 0.05) is 5.56 Å². The van der Waals surface area contributed by atoms with E-state index in [4.69, 9.17) is 6.42 Å². The number of thiophene rings is 1. The van der Waals surface area contributed by atoms with Gasteiger partial charge < -0.3 is 5.11 Å². The maximum atomic E-state index is 10.4. The summed E-state index contributed by atoms with van der Waals surface area (Å²) in [6.07, 6.45) is 5.44. The molecule has 0 radical (unpaired) electrons. The lowest BCUT2D eigenvalue weighted by atomic mass is 9.93. The Hall–Kier alpha value is -1.56. The summed E-state index contributed by atoms with van der Waals surface area (Å²) in [6.45, 7) is 0. The van der Waals surface area contributed by atoms with Gasteiger partial charge >= 0.3 is 0 Å². The highest BCUT2D eigenvalue weighted by Gasteiger charge is 2.29. The molecule has 1 aromatic heterocycles. The zero-order valence-electron chi connectivity index (χ0n) is 8.05. The Kier molecular flexibility index (Phi) is 2.59. The summed E-state index contributed by atoms with van der Waals surface area (Å²) in [7, 11) is 0. The Morgan fingerprint density at radius 3 is 2.40 bits per heavy atom. The van der Waals surface area contributed by atoms with Crippen LogP contribution in [0.25, 0.3) is 0 Å². The van der Waals surface area contributed by atoms with Gasteiger partial charge in [-0.1, -0.05) is 42.3 Å². The molecule has 2 rings (SSSR count). The molecule has 15 heavy (non-hydrogen) atoms. The molecular weight excluding hydrogens is 204 g/mol. The minimum Gasteiger partial charge on any atom is -0.369 e. The average molecular weight is 214 g/mol. The smallest absolute Gasteiger partial charge is 0.185 e. The van der Waals surface area contributed by atoms with Crippen molar-refractivity contribution < 1.29 is 5.11 Å². The van der Waals surface area contributed by atoms with Crippen LogP contribution in [0.5, 0.6) is 0 Å². The van der Waals surface area contributed by atoms with Crippen LogP contribution < -0.4 is 0 Å². The molecule has 74 valence electrons. The molecule has 0 amide bonds. The summed E-state index contributed by atoms with van der Waals surface area (Å²) in [5.41, 5.74) is -0.565. The molecule has 0 aliphatic heterocycles. The third-order valence-corrected chi connectivity index (χ3v) is 3.26. The first kappa shape index (κ1) is 9.97. The van der Waals surface area contributed by atoms with Crippen molar-refractivity contribution in [2.45, 2.75) is 5.60 Å². The summed E-state index contributed by atoms with van der Waals surface area (Å²) in [5.74, 6) is 2.46. The molecule has 2 heteroatoms. The lowest BCUT2D eigenvalue weighted by Gasteiger charge is -2.20. The van der Waals surface area contributed by atoms with Crippen molar-refractivity contribution >= 4 is 11.3 Å². The molecule has 2 aromatic rings. The van der Waals surface area contributed by atoms with Gasteiger partial charge in [-0.25, -0.2) is 0 Å². The number of hydrogen-bond donors (Lipinski definition) is 1. The number of terminal acetylenes is 1. The van der Waals surface area contributed by atoms with Gasteiger partial charge in [-0.3, -0.25) is 0 Å². The number of hydrogen-bond acceptors (Lipinski definition) is 2. The Morgan fingerprint density at radius 2 is 1.87 bits per heavy atom. The molecule has 0 bridgehead atoms. The van der Waals surface area contributed by atoms with Crippen LogP contribution in [0.3, 0.4) is 0 Å². The SMILES string of the molecule is C#CC(O)(c1ccccc1)c1cccs1. The third-order valence-electron chi connectivity index (χ3n) is 2.28. The Bertz CT molecular complexity index is 467. The molecule has 0 saturated heterocycles. The van der Waals surface area contributed by atoms with Crippen molar-refractivity contribution in [2.75, 3.05) is 0 Å². The molecule has 0 spiro atoms. The van der Waals surface area contributed by atoms with Crippen molar-refractivity contribution in [3.05, 3.63) is 58.3 Å². The topological polar surface area (TPSA) is 20.2 Å². The highest BCUT2D eigenvalue weighted by Crippen LogP contribution is 2.31. The average Bonchev–Trinajstić information content (AvgIpc) is 2.83. The second kappa shape index (κ2) is 3.90. The van der Waals surface area contributed by atoms with E-state index < -0.39 is 5.60 Å². The van der Waals surface area contributed by atoms with E-state index in [-0.39, 0.29) is 0 Å². The van der Waals surface area contributed by atoms with Crippen LogP contribution in [0.4, 0.5) is 0 Å². The van der Waals surface area contributed by atoms with Gasteiger partial charge in [0.25, 0.3) is 0 Å². The van der Waals surface area contributed by atoms with Gasteiger partial charge in [0.2, 0.25) is 0 Å². The van der Waals surface area contributed by atoms with Crippen LogP contribution in [-0.2, 0) is 5.60 Å². The second-order valence-electron chi connectivity index (χ2n) is 3.20. The fraction of sp³-hybridized carbons (Fsp3) is 0.0769. The van der Waals surface area contributed by atoms with Crippen LogP contribution in [0.1, 0.15) is 10.4 Å². The fourth-order valence-corrected chi connectivity index (χ4v) is 2.27. The van der Waals surface area contributed by atoms with Crippen molar-refractivity contribution in [1.29, 1.82) is 0 Å². The third kappa shape index (κ3) is 1.68. The van der Waals surface area contributed by atoms with Gasteiger partial charge in [0.05, 0.1) is 4.88 Å². The number of rotatable bonds is 2. The first-order chi connectivity index (χ1) is 7.27. The molecule has 0 saturated carbocycles. The zero-order chi connectivity index (χ0) is 10.7. The minimum atomic E-state index is -1.30. The lowest BCUT2D eigenvalue weighted by Crippen LogP contribution is -2.23. The maximum absolute atomic E-state index is 10.4. The summed E-state index contributed by atoms with van der Waals surface area (Å²) in [4.78, 5) is 0.774. The summed E-state index contributed by atoms with van der Waals surface area (Å²) >= 11 is 1.46. The van der Waals surface area contributed by atoms with Crippen LogP contribution in [0.2, 0.25) is 0 Å². The van der Waals surface area contributed by atoms with E-state index in [0.717, 1.165) is 10.4 Å². The molecule has 0 aliphatic rings. The van der Waals surface area contributed by atoms with Crippen LogP contribution in [0, 0.1) is 12.3 Å². The molecule has 1 atom stereocenters. The minimum absolute atomic E-state index is 0.731. The molecule has 1 aromatic carbocycles. The predicted octanol–water partition coefficient (Wildman–Crippen LogP) is 2.62. The number of aliphatic hydroxyl groups is 1. The Labute approximate surface area is 93.0 Å². The molecule has 1 unspecified atom stereocenters. The summed E-state index contributed by atoms with van der Waals surface area (Å²) < 4.78 is 0. The van der Waals surface area contributed by atoms with E-state index in [1.807, 2.05) is 47.8 Å². The lowest BCUT2D eigenvalue weighted by molar-refractivity contribution is 0.149. The summed E-state index contributed by atoms with van der Waals surface area (Å²) in [5, 5.41) is 12.3. The van der Waals surface area contributed by atoms with E-state index in [1.54, 1.807) is 0 Å². The van der Waals surface area contributed by atoms with Crippen molar-refractivity contribution in [2.24, 2.45) is 0 Å². The van der Waals surface area contributed by atoms with Crippen LogP contribution >= 0.6 is 11.3 Å². The van der Waals surface area contributed by atoms with E-state index >= 15 is 0 Å². The molecule has 1 N–H and O–H groups in total. The second-order valence-corrected chi connectivity index (χ2v) is 4.15. The monoisotopic (exact) mass is 214 g/mol. The van der Waals surface area contributed by atoms with Gasteiger partial charge in [-0.2, -0.15) is 0 Å². The zero-order valence-corrected chi connectivity index (χ0v) is 8.87. The molecule has 0 aliphatic carbocycles. The first-order valence-electron chi connectivity index (χ1n) is 4.57.